The molecule has 0 aromatic carbocycles. The molecule has 1 heterocycles. The topological polar surface area (TPSA) is 89.8 Å². The first-order chi connectivity index (χ1) is 10.0. The van der Waals surface area contributed by atoms with Crippen LogP contribution in [0.15, 0.2) is 20.0 Å². The maximum atomic E-state index is 12.1. The van der Waals surface area contributed by atoms with Gasteiger partial charge >= 0.3 is 0 Å². The Morgan fingerprint density at radius 3 is 2.76 bits per heavy atom. The highest BCUT2D eigenvalue weighted by atomic mass is 79.9. The molecule has 0 saturated heterocycles. The number of furan rings is 1. The second kappa shape index (κ2) is 9.54. The van der Waals surface area contributed by atoms with Crippen LogP contribution in [0.2, 0.25) is 0 Å². The van der Waals surface area contributed by atoms with Gasteiger partial charge in [0.2, 0.25) is 10.0 Å². The molecule has 0 unspecified atom stereocenters. The Labute approximate surface area is 133 Å². The van der Waals surface area contributed by atoms with Crippen molar-refractivity contribution in [2.24, 2.45) is 0 Å². The molecule has 0 aliphatic carbocycles. The average Bonchev–Trinajstić information content (AvgIpc) is 2.82. The molecule has 1 aromatic heterocycles. The van der Waals surface area contributed by atoms with Crippen molar-refractivity contribution in [1.29, 1.82) is 0 Å². The number of methoxy groups -OCH3 is 1. The van der Waals surface area contributed by atoms with Gasteiger partial charge in [0.25, 0.3) is 0 Å². The fourth-order valence-electron chi connectivity index (χ4n) is 1.49. The normalized spacial score (nSPS) is 12.0. The van der Waals surface area contributed by atoms with E-state index in [9.17, 15) is 8.42 Å². The van der Waals surface area contributed by atoms with Crippen molar-refractivity contribution in [3.05, 3.63) is 16.5 Å². The van der Waals surface area contributed by atoms with Crippen LogP contribution in [0, 0.1) is 0 Å². The molecule has 0 aliphatic heterocycles. The standard InChI is InChI=1S/C12H21BrN2O5S/c1-3-14-9-10-8-11(12(13)20-10)21(16,17)15-4-5-19-7-6-18-2/h8,14-15H,3-7,9H2,1-2H3. The molecule has 0 radical (unpaired) electrons. The van der Waals surface area contributed by atoms with Crippen LogP contribution in [0.3, 0.4) is 0 Å². The Kier molecular flexibility index (Phi) is 8.45. The van der Waals surface area contributed by atoms with E-state index in [2.05, 4.69) is 26.0 Å². The molecular formula is C12H21BrN2O5S. The molecule has 7 nitrogen and oxygen atoms in total. The van der Waals surface area contributed by atoms with Crippen molar-refractivity contribution in [3.8, 4) is 0 Å². The lowest BCUT2D eigenvalue weighted by Crippen LogP contribution is -2.27. The van der Waals surface area contributed by atoms with Crippen LogP contribution in [0.25, 0.3) is 0 Å². The number of ether oxygens (including phenoxy) is 2. The summed E-state index contributed by atoms with van der Waals surface area (Å²) in [6, 6.07) is 1.50. The van der Waals surface area contributed by atoms with Gasteiger partial charge in [-0.2, -0.15) is 0 Å². The van der Waals surface area contributed by atoms with Crippen LogP contribution in [-0.4, -0.2) is 48.4 Å². The predicted octanol–water partition coefficient (Wildman–Crippen LogP) is 1.09. The molecule has 1 rings (SSSR count). The van der Waals surface area contributed by atoms with E-state index in [1.54, 1.807) is 7.11 Å². The van der Waals surface area contributed by atoms with Gasteiger partial charge in [0.1, 0.15) is 10.7 Å². The molecule has 2 N–H and O–H groups in total. The van der Waals surface area contributed by atoms with Gasteiger partial charge in [0, 0.05) is 19.7 Å². The molecule has 0 bridgehead atoms. The summed E-state index contributed by atoms with van der Waals surface area (Å²) in [6.07, 6.45) is 0. The number of rotatable bonds is 11. The van der Waals surface area contributed by atoms with E-state index in [1.807, 2.05) is 6.92 Å². The summed E-state index contributed by atoms with van der Waals surface area (Å²) in [5.74, 6) is 0.556. The lowest BCUT2D eigenvalue weighted by molar-refractivity contribution is 0.0736. The molecule has 0 fully saturated rings. The third-order valence-electron chi connectivity index (χ3n) is 2.52. The number of hydrogen-bond donors (Lipinski definition) is 2. The van der Waals surface area contributed by atoms with Crippen LogP contribution in [-0.2, 0) is 26.0 Å². The SMILES string of the molecule is CCNCc1cc(S(=O)(=O)NCCOCCOC)c(Br)o1. The largest absolute Gasteiger partial charge is 0.452 e. The average molecular weight is 385 g/mol. The van der Waals surface area contributed by atoms with Crippen LogP contribution in [0.5, 0.6) is 0 Å². The second-order valence-corrected chi connectivity index (χ2v) is 6.59. The highest BCUT2D eigenvalue weighted by Gasteiger charge is 2.21. The number of sulfonamides is 1. The number of hydrogen-bond acceptors (Lipinski definition) is 6. The zero-order valence-electron chi connectivity index (χ0n) is 12.1. The lowest BCUT2D eigenvalue weighted by Gasteiger charge is -2.06. The third-order valence-corrected chi connectivity index (χ3v) is 4.83. The van der Waals surface area contributed by atoms with E-state index in [-0.39, 0.29) is 22.7 Å². The van der Waals surface area contributed by atoms with Gasteiger partial charge in [0.05, 0.1) is 26.4 Å². The highest BCUT2D eigenvalue weighted by molar-refractivity contribution is 9.10. The molecule has 0 saturated carbocycles. The summed E-state index contributed by atoms with van der Waals surface area (Å²) in [5, 5.41) is 3.07. The van der Waals surface area contributed by atoms with Crippen molar-refractivity contribution in [3.63, 3.8) is 0 Å². The van der Waals surface area contributed by atoms with E-state index >= 15 is 0 Å². The molecule has 0 atom stereocenters. The van der Waals surface area contributed by atoms with Crippen molar-refractivity contribution < 1.29 is 22.3 Å². The summed E-state index contributed by atoms with van der Waals surface area (Å²) < 4.78 is 42.3. The smallest absolute Gasteiger partial charge is 0.245 e. The van der Waals surface area contributed by atoms with Crippen molar-refractivity contribution in [1.82, 2.24) is 10.0 Å². The first kappa shape index (κ1) is 18.6. The zero-order valence-corrected chi connectivity index (χ0v) is 14.5. The molecule has 0 spiro atoms. The van der Waals surface area contributed by atoms with Crippen molar-refractivity contribution in [2.75, 3.05) is 40.0 Å². The lowest BCUT2D eigenvalue weighted by atomic mass is 10.4. The zero-order chi connectivity index (χ0) is 15.7. The monoisotopic (exact) mass is 384 g/mol. The van der Waals surface area contributed by atoms with Crippen molar-refractivity contribution in [2.45, 2.75) is 18.4 Å². The summed E-state index contributed by atoms with van der Waals surface area (Å²) >= 11 is 3.13. The van der Waals surface area contributed by atoms with Gasteiger partial charge in [-0.3, -0.25) is 0 Å². The van der Waals surface area contributed by atoms with E-state index in [0.29, 0.717) is 25.5 Å². The molecule has 21 heavy (non-hydrogen) atoms. The molecular weight excluding hydrogens is 364 g/mol. The Hall–Kier alpha value is -0.450. The maximum absolute atomic E-state index is 12.1. The van der Waals surface area contributed by atoms with Gasteiger partial charge in [-0.1, -0.05) is 6.92 Å². The Morgan fingerprint density at radius 1 is 1.33 bits per heavy atom. The Morgan fingerprint density at radius 2 is 2.10 bits per heavy atom. The van der Waals surface area contributed by atoms with Crippen LogP contribution >= 0.6 is 15.9 Å². The quantitative estimate of drug-likeness (QED) is 0.555. The first-order valence-corrected chi connectivity index (χ1v) is 8.84. The minimum Gasteiger partial charge on any atom is -0.452 e. The third kappa shape index (κ3) is 6.45. The number of nitrogens with one attached hydrogen (secondary N) is 2. The molecule has 0 amide bonds. The Bertz CT molecular complexity index is 518. The maximum Gasteiger partial charge on any atom is 0.245 e. The summed E-state index contributed by atoms with van der Waals surface area (Å²) in [4.78, 5) is 0.0901. The van der Waals surface area contributed by atoms with Gasteiger partial charge in [0.15, 0.2) is 4.67 Å². The van der Waals surface area contributed by atoms with E-state index in [4.69, 9.17) is 13.9 Å². The number of halogens is 1. The summed E-state index contributed by atoms with van der Waals surface area (Å²) in [7, 11) is -2.04. The van der Waals surface area contributed by atoms with Crippen LogP contribution < -0.4 is 10.0 Å². The van der Waals surface area contributed by atoms with Crippen LogP contribution in [0.1, 0.15) is 12.7 Å². The molecule has 122 valence electrons. The van der Waals surface area contributed by atoms with E-state index in [0.717, 1.165) is 6.54 Å². The fourth-order valence-corrected chi connectivity index (χ4v) is 3.50. The van der Waals surface area contributed by atoms with Gasteiger partial charge < -0.3 is 19.2 Å². The highest BCUT2D eigenvalue weighted by Crippen LogP contribution is 2.25. The van der Waals surface area contributed by atoms with Gasteiger partial charge in [-0.05, 0) is 22.5 Å². The second-order valence-electron chi connectivity index (χ2n) is 4.13. The first-order valence-electron chi connectivity index (χ1n) is 6.56. The molecule has 0 aliphatic rings. The van der Waals surface area contributed by atoms with Crippen LogP contribution in [0.4, 0.5) is 0 Å². The summed E-state index contributed by atoms with van der Waals surface area (Å²) in [6.45, 7) is 4.59. The molecule has 1 aromatic rings. The van der Waals surface area contributed by atoms with E-state index < -0.39 is 10.0 Å². The summed E-state index contributed by atoms with van der Waals surface area (Å²) in [5.41, 5.74) is 0. The fraction of sp³-hybridized carbons (Fsp3) is 0.667. The van der Waals surface area contributed by atoms with E-state index in [1.165, 1.54) is 6.07 Å². The predicted molar refractivity (Wildman–Crippen MR) is 81.7 cm³/mol. The van der Waals surface area contributed by atoms with Gasteiger partial charge in [-0.15, -0.1) is 0 Å². The minimum absolute atomic E-state index is 0.0901. The van der Waals surface area contributed by atoms with Gasteiger partial charge in [-0.25, -0.2) is 13.1 Å². The molecule has 9 heteroatoms. The van der Waals surface area contributed by atoms with Crippen molar-refractivity contribution >= 4 is 26.0 Å². The Balaban J connectivity index is 2.51. The minimum atomic E-state index is -3.62.